The van der Waals surface area contributed by atoms with Crippen molar-refractivity contribution in [3.05, 3.63) is 35.8 Å². The van der Waals surface area contributed by atoms with Crippen LogP contribution in [0.5, 0.6) is 0 Å². The van der Waals surface area contributed by atoms with E-state index >= 15 is 0 Å². The van der Waals surface area contributed by atoms with Crippen molar-refractivity contribution in [2.45, 2.75) is 39.3 Å². The van der Waals surface area contributed by atoms with Crippen molar-refractivity contribution in [1.29, 1.82) is 0 Å². The molecule has 0 aromatic carbocycles. The Morgan fingerprint density at radius 1 is 1.42 bits per heavy atom. The first-order valence-electron chi connectivity index (χ1n) is 8.93. The van der Waals surface area contributed by atoms with Gasteiger partial charge in [-0.3, -0.25) is 9.78 Å². The molecular weight excluding hydrogens is 330 g/mol. The molecule has 0 spiro atoms. The number of amides is 1. The standard InChI is InChI=1S/C19H25N5O2/c1-4-15(12-26-3)21-19-16-7-9-24(13(2)25)11-17(16)22-18(23-19)14-6-5-8-20-10-14/h5-6,8,10,15H,4,7,9,11-12H2,1-3H3,(H,21,22,23)/t15-/m1/s1. The number of anilines is 1. The first kappa shape index (κ1) is 18.3. The third kappa shape index (κ3) is 3.99. The molecular formula is C19H25N5O2. The maximum atomic E-state index is 11.8. The number of carbonyl (C=O) groups excluding carboxylic acids is 1. The van der Waals surface area contributed by atoms with E-state index in [1.54, 1.807) is 26.4 Å². The quantitative estimate of drug-likeness (QED) is 0.856. The van der Waals surface area contributed by atoms with Gasteiger partial charge >= 0.3 is 0 Å². The van der Waals surface area contributed by atoms with Crippen molar-refractivity contribution in [3.63, 3.8) is 0 Å². The van der Waals surface area contributed by atoms with Gasteiger partial charge in [0, 0.05) is 44.1 Å². The highest BCUT2D eigenvalue weighted by molar-refractivity contribution is 5.74. The summed E-state index contributed by atoms with van der Waals surface area (Å²) in [6.07, 6.45) is 5.15. The zero-order valence-electron chi connectivity index (χ0n) is 15.5. The zero-order valence-corrected chi connectivity index (χ0v) is 15.5. The van der Waals surface area contributed by atoms with E-state index in [1.165, 1.54) is 0 Å². The molecule has 0 radical (unpaired) electrons. The van der Waals surface area contributed by atoms with Crippen LogP contribution in [0, 0.1) is 0 Å². The Hall–Kier alpha value is -2.54. The van der Waals surface area contributed by atoms with E-state index in [-0.39, 0.29) is 11.9 Å². The predicted octanol–water partition coefficient (Wildman–Crippen LogP) is 2.28. The third-order valence-electron chi connectivity index (χ3n) is 4.63. The van der Waals surface area contributed by atoms with Crippen molar-refractivity contribution >= 4 is 11.7 Å². The Balaban J connectivity index is 2.01. The molecule has 138 valence electrons. The minimum atomic E-state index is 0.0671. The Kier molecular flexibility index (Phi) is 5.78. The summed E-state index contributed by atoms with van der Waals surface area (Å²) in [7, 11) is 1.70. The maximum absolute atomic E-state index is 11.8. The van der Waals surface area contributed by atoms with Gasteiger partial charge in [-0.2, -0.15) is 0 Å². The fourth-order valence-corrected chi connectivity index (χ4v) is 3.10. The third-order valence-corrected chi connectivity index (χ3v) is 4.63. The fourth-order valence-electron chi connectivity index (χ4n) is 3.10. The Bertz CT molecular complexity index is 766. The number of carbonyl (C=O) groups is 1. The number of nitrogens with one attached hydrogen (secondary N) is 1. The molecule has 2 aromatic heterocycles. The first-order chi connectivity index (χ1) is 12.6. The molecule has 0 aliphatic carbocycles. The SMILES string of the molecule is CC[C@H](COC)Nc1nc(-c2cccnc2)nc2c1CCN(C(C)=O)C2. The van der Waals surface area contributed by atoms with E-state index in [0.717, 1.165) is 35.5 Å². The first-order valence-corrected chi connectivity index (χ1v) is 8.93. The molecule has 0 unspecified atom stereocenters. The highest BCUT2D eigenvalue weighted by Gasteiger charge is 2.25. The maximum Gasteiger partial charge on any atom is 0.219 e. The Labute approximate surface area is 153 Å². The molecule has 3 rings (SSSR count). The van der Waals surface area contributed by atoms with Gasteiger partial charge < -0.3 is 15.0 Å². The molecule has 0 saturated carbocycles. The van der Waals surface area contributed by atoms with Crippen molar-refractivity contribution in [1.82, 2.24) is 19.9 Å². The minimum Gasteiger partial charge on any atom is -0.383 e. The van der Waals surface area contributed by atoms with E-state index in [2.05, 4.69) is 17.2 Å². The number of fused-ring (bicyclic) bond motifs is 1. The van der Waals surface area contributed by atoms with Gasteiger partial charge in [0.05, 0.1) is 24.9 Å². The second-order valence-electron chi connectivity index (χ2n) is 6.46. The molecule has 0 saturated heterocycles. The molecule has 7 nitrogen and oxygen atoms in total. The van der Waals surface area contributed by atoms with Crippen LogP contribution < -0.4 is 5.32 Å². The number of hydrogen-bond acceptors (Lipinski definition) is 6. The Morgan fingerprint density at radius 3 is 2.92 bits per heavy atom. The second kappa shape index (κ2) is 8.23. The minimum absolute atomic E-state index is 0.0671. The number of aromatic nitrogens is 3. The Morgan fingerprint density at radius 2 is 2.27 bits per heavy atom. The molecule has 1 aliphatic rings. The summed E-state index contributed by atoms with van der Waals surface area (Å²) in [6.45, 7) is 5.52. The highest BCUT2D eigenvalue weighted by Crippen LogP contribution is 2.27. The van der Waals surface area contributed by atoms with Gasteiger partial charge in [-0.1, -0.05) is 6.92 Å². The van der Waals surface area contributed by atoms with Gasteiger partial charge in [0.15, 0.2) is 5.82 Å². The fraction of sp³-hybridized carbons (Fsp3) is 0.474. The summed E-state index contributed by atoms with van der Waals surface area (Å²) in [6, 6.07) is 3.98. The van der Waals surface area contributed by atoms with Gasteiger partial charge in [0.1, 0.15) is 5.82 Å². The summed E-state index contributed by atoms with van der Waals surface area (Å²) in [5, 5.41) is 3.51. The normalized spacial score (nSPS) is 14.7. The predicted molar refractivity (Wildman–Crippen MR) is 99.6 cm³/mol. The van der Waals surface area contributed by atoms with Crippen LogP contribution in [-0.2, 0) is 22.5 Å². The zero-order chi connectivity index (χ0) is 18.5. The molecule has 1 amide bonds. The molecule has 1 aliphatic heterocycles. The van der Waals surface area contributed by atoms with E-state index in [4.69, 9.17) is 14.7 Å². The molecule has 1 atom stereocenters. The molecule has 0 fully saturated rings. The number of pyridine rings is 1. The monoisotopic (exact) mass is 355 g/mol. The van der Waals surface area contributed by atoms with Crippen LogP contribution in [-0.4, -0.2) is 52.1 Å². The van der Waals surface area contributed by atoms with Crippen molar-refractivity contribution in [2.24, 2.45) is 0 Å². The average Bonchev–Trinajstić information content (AvgIpc) is 2.67. The van der Waals surface area contributed by atoms with Crippen LogP contribution in [0.1, 0.15) is 31.5 Å². The summed E-state index contributed by atoms with van der Waals surface area (Å²) in [5.74, 6) is 1.52. The number of ether oxygens (including phenoxy) is 1. The van der Waals surface area contributed by atoms with Gasteiger partial charge in [-0.25, -0.2) is 9.97 Å². The number of methoxy groups -OCH3 is 1. The van der Waals surface area contributed by atoms with Gasteiger partial charge in [-0.05, 0) is 25.0 Å². The topological polar surface area (TPSA) is 80.2 Å². The van der Waals surface area contributed by atoms with Crippen molar-refractivity contribution < 1.29 is 9.53 Å². The van der Waals surface area contributed by atoms with Crippen LogP contribution in [0.25, 0.3) is 11.4 Å². The van der Waals surface area contributed by atoms with Crippen LogP contribution in [0.2, 0.25) is 0 Å². The summed E-state index contributed by atoms with van der Waals surface area (Å²) in [5.41, 5.74) is 2.85. The van der Waals surface area contributed by atoms with Crippen LogP contribution in [0.3, 0.4) is 0 Å². The van der Waals surface area contributed by atoms with Crippen LogP contribution in [0.15, 0.2) is 24.5 Å². The lowest BCUT2D eigenvalue weighted by Crippen LogP contribution is -2.36. The summed E-state index contributed by atoms with van der Waals surface area (Å²) < 4.78 is 5.31. The number of rotatable bonds is 6. The average molecular weight is 355 g/mol. The van der Waals surface area contributed by atoms with Crippen LogP contribution in [0.4, 0.5) is 5.82 Å². The number of nitrogens with zero attached hydrogens (tertiary/aromatic N) is 4. The summed E-state index contributed by atoms with van der Waals surface area (Å²) in [4.78, 5) is 27.3. The van der Waals surface area contributed by atoms with E-state index in [1.807, 2.05) is 17.0 Å². The van der Waals surface area contributed by atoms with Gasteiger partial charge in [-0.15, -0.1) is 0 Å². The van der Waals surface area contributed by atoms with E-state index < -0.39 is 0 Å². The highest BCUT2D eigenvalue weighted by atomic mass is 16.5. The van der Waals surface area contributed by atoms with E-state index in [9.17, 15) is 4.79 Å². The molecule has 7 heteroatoms. The van der Waals surface area contributed by atoms with Crippen molar-refractivity contribution in [2.75, 3.05) is 25.6 Å². The molecule has 26 heavy (non-hydrogen) atoms. The number of hydrogen-bond donors (Lipinski definition) is 1. The molecule has 0 bridgehead atoms. The molecule has 2 aromatic rings. The van der Waals surface area contributed by atoms with Gasteiger partial charge in [0.25, 0.3) is 0 Å². The lowest BCUT2D eigenvalue weighted by Gasteiger charge is -2.29. The molecule has 3 heterocycles. The smallest absolute Gasteiger partial charge is 0.219 e. The molecule has 1 N–H and O–H groups in total. The van der Waals surface area contributed by atoms with Crippen molar-refractivity contribution in [3.8, 4) is 11.4 Å². The lowest BCUT2D eigenvalue weighted by atomic mass is 10.0. The van der Waals surface area contributed by atoms with E-state index in [0.29, 0.717) is 25.5 Å². The van der Waals surface area contributed by atoms with Gasteiger partial charge in [0.2, 0.25) is 5.91 Å². The lowest BCUT2D eigenvalue weighted by molar-refractivity contribution is -0.129. The summed E-state index contributed by atoms with van der Waals surface area (Å²) >= 11 is 0. The largest absolute Gasteiger partial charge is 0.383 e. The second-order valence-corrected chi connectivity index (χ2v) is 6.46. The van der Waals surface area contributed by atoms with Crippen LogP contribution >= 0.6 is 0 Å².